The highest BCUT2D eigenvalue weighted by Crippen LogP contribution is 2.15. The van der Waals surface area contributed by atoms with Crippen molar-refractivity contribution in [2.75, 3.05) is 25.0 Å². The van der Waals surface area contributed by atoms with Crippen LogP contribution in [0.1, 0.15) is 39.0 Å². The fraction of sp³-hybridized carbons (Fsp3) is 0.714. The summed E-state index contributed by atoms with van der Waals surface area (Å²) in [5, 5.41) is 10.5. The molecule has 1 N–H and O–H groups in total. The maximum absolute atomic E-state index is 12.2. The van der Waals surface area contributed by atoms with Crippen molar-refractivity contribution in [1.29, 1.82) is 0 Å². The SMILES string of the molecule is CCCOC1CCCN(C(=O)CCC(=O)Nc2nncs2)C1. The summed E-state index contributed by atoms with van der Waals surface area (Å²) in [6.07, 6.45) is 3.45. The topological polar surface area (TPSA) is 84.4 Å². The van der Waals surface area contributed by atoms with Crippen molar-refractivity contribution in [3.8, 4) is 0 Å². The van der Waals surface area contributed by atoms with Gasteiger partial charge in [-0.2, -0.15) is 0 Å². The van der Waals surface area contributed by atoms with E-state index in [1.54, 1.807) is 5.51 Å². The average molecular weight is 326 g/mol. The molecule has 8 heteroatoms. The van der Waals surface area contributed by atoms with Gasteiger partial charge in [0.15, 0.2) is 0 Å². The van der Waals surface area contributed by atoms with Gasteiger partial charge >= 0.3 is 0 Å². The maximum Gasteiger partial charge on any atom is 0.226 e. The van der Waals surface area contributed by atoms with E-state index in [0.717, 1.165) is 32.4 Å². The second-order valence-electron chi connectivity index (χ2n) is 5.27. The number of nitrogens with one attached hydrogen (secondary N) is 1. The van der Waals surface area contributed by atoms with Gasteiger partial charge in [0, 0.05) is 32.5 Å². The minimum absolute atomic E-state index is 0.0113. The van der Waals surface area contributed by atoms with Crippen molar-refractivity contribution in [2.45, 2.75) is 45.1 Å². The van der Waals surface area contributed by atoms with Crippen LogP contribution in [-0.4, -0.2) is 52.7 Å². The Bertz CT molecular complexity index is 480. The molecule has 0 bridgehead atoms. The molecule has 0 saturated carbocycles. The van der Waals surface area contributed by atoms with Crippen molar-refractivity contribution in [3.63, 3.8) is 0 Å². The highest BCUT2D eigenvalue weighted by molar-refractivity contribution is 7.13. The van der Waals surface area contributed by atoms with Crippen LogP contribution in [0.5, 0.6) is 0 Å². The van der Waals surface area contributed by atoms with Crippen LogP contribution in [-0.2, 0) is 14.3 Å². The largest absolute Gasteiger partial charge is 0.376 e. The molecule has 1 aromatic rings. The van der Waals surface area contributed by atoms with Gasteiger partial charge in [0.25, 0.3) is 0 Å². The van der Waals surface area contributed by atoms with Gasteiger partial charge in [0.1, 0.15) is 5.51 Å². The standard InChI is InChI=1S/C14H22N4O3S/c1-2-8-21-11-4-3-7-18(9-11)13(20)6-5-12(19)16-14-17-15-10-22-14/h10-11H,2-9H2,1H3,(H,16,17,19). The number of carbonyl (C=O) groups is 2. The summed E-state index contributed by atoms with van der Waals surface area (Å²) < 4.78 is 5.72. The Kier molecular flexibility index (Phi) is 6.73. The molecular weight excluding hydrogens is 304 g/mol. The molecule has 1 fully saturated rings. The van der Waals surface area contributed by atoms with E-state index in [9.17, 15) is 9.59 Å². The first-order valence-electron chi connectivity index (χ1n) is 7.64. The van der Waals surface area contributed by atoms with Crippen molar-refractivity contribution in [3.05, 3.63) is 5.51 Å². The van der Waals surface area contributed by atoms with Crippen LogP contribution in [0.4, 0.5) is 5.13 Å². The van der Waals surface area contributed by atoms with Gasteiger partial charge in [-0.05, 0) is 19.3 Å². The molecular formula is C14H22N4O3S. The number of nitrogens with zero attached hydrogens (tertiary/aromatic N) is 3. The monoisotopic (exact) mass is 326 g/mol. The Labute approximate surface area is 134 Å². The van der Waals surface area contributed by atoms with E-state index >= 15 is 0 Å². The first kappa shape index (κ1) is 16.8. The molecule has 0 radical (unpaired) electrons. The Morgan fingerprint density at radius 2 is 2.36 bits per heavy atom. The number of rotatable bonds is 7. The van der Waals surface area contributed by atoms with Gasteiger partial charge in [-0.15, -0.1) is 10.2 Å². The summed E-state index contributed by atoms with van der Waals surface area (Å²) in [4.78, 5) is 25.7. The molecule has 1 saturated heterocycles. The fourth-order valence-corrected chi connectivity index (χ4v) is 2.83. The number of hydrogen-bond donors (Lipinski definition) is 1. The third kappa shape index (κ3) is 5.34. The molecule has 0 aliphatic carbocycles. The number of piperidine rings is 1. The molecule has 2 rings (SSSR count). The number of ether oxygens (including phenoxy) is 1. The Hall–Kier alpha value is -1.54. The summed E-state index contributed by atoms with van der Waals surface area (Å²) in [6.45, 7) is 4.19. The Balaban J connectivity index is 1.70. The summed E-state index contributed by atoms with van der Waals surface area (Å²) in [5.41, 5.74) is 1.55. The van der Waals surface area contributed by atoms with Crippen LogP contribution >= 0.6 is 11.3 Å². The average Bonchev–Trinajstić information content (AvgIpc) is 3.03. The number of anilines is 1. The number of likely N-dealkylation sites (tertiary alicyclic amines) is 1. The lowest BCUT2D eigenvalue weighted by atomic mass is 10.1. The molecule has 0 aromatic carbocycles. The zero-order valence-corrected chi connectivity index (χ0v) is 13.6. The highest BCUT2D eigenvalue weighted by Gasteiger charge is 2.24. The predicted octanol–water partition coefficient (Wildman–Crippen LogP) is 1.67. The van der Waals surface area contributed by atoms with Crippen LogP contribution in [0.3, 0.4) is 0 Å². The lowest BCUT2D eigenvalue weighted by molar-refractivity contribution is -0.136. The Morgan fingerprint density at radius 3 is 3.09 bits per heavy atom. The van der Waals surface area contributed by atoms with Crippen molar-refractivity contribution >= 4 is 28.3 Å². The molecule has 1 aliphatic rings. The third-order valence-electron chi connectivity index (χ3n) is 3.46. The molecule has 2 heterocycles. The van der Waals surface area contributed by atoms with Crippen LogP contribution in [0.2, 0.25) is 0 Å². The van der Waals surface area contributed by atoms with Crippen LogP contribution in [0.25, 0.3) is 0 Å². The lowest BCUT2D eigenvalue weighted by Gasteiger charge is -2.32. The zero-order valence-electron chi connectivity index (χ0n) is 12.8. The van der Waals surface area contributed by atoms with Gasteiger partial charge in [0.05, 0.1) is 6.10 Å². The number of carbonyl (C=O) groups excluding carboxylic acids is 2. The summed E-state index contributed by atoms with van der Waals surface area (Å²) in [6, 6.07) is 0. The van der Waals surface area contributed by atoms with Gasteiger partial charge in [-0.1, -0.05) is 18.3 Å². The zero-order chi connectivity index (χ0) is 15.8. The van der Waals surface area contributed by atoms with E-state index in [1.165, 1.54) is 11.3 Å². The molecule has 1 aromatic heterocycles. The van der Waals surface area contributed by atoms with Crippen molar-refractivity contribution < 1.29 is 14.3 Å². The van der Waals surface area contributed by atoms with Crippen LogP contribution in [0, 0.1) is 0 Å². The molecule has 7 nitrogen and oxygen atoms in total. The smallest absolute Gasteiger partial charge is 0.226 e. The minimum atomic E-state index is -0.208. The third-order valence-corrected chi connectivity index (χ3v) is 4.07. The summed E-state index contributed by atoms with van der Waals surface area (Å²) in [5.74, 6) is -0.196. The second kappa shape index (κ2) is 8.79. The summed E-state index contributed by atoms with van der Waals surface area (Å²) in [7, 11) is 0. The Morgan fingerprint density at radius 1 is 1.50 bits per heavy atom. The molecule has 0 spiro atoms. The fourth-order valence-electron chi connectivity index (χ4n) is 2.37. The van der Waals surface area contributed by atoms with E-state index in [0.29, 0.717) is 11.7 Å². The van der Waals surface area contributed by atoms with Crippen molar-refractivity contribution in [1.82, 2.24) is 15.1 Å². The molecule has 1 aliphatic heterocycles. The summed E-state index contributed by atoms with van der Waals surface area (Å²) >= 11 is 1.26. The van der Waals surface area contributed by atoms with Crippen LogP contribution < -0.4 is 5.32 Å². The van der Waals surface area contributed by atoms with Gasteiger partial charge in [-0.3, -0.25) is 9.59 Å². The first-order chi connectivity index (χ1) is 10.7. The van der Waals surface area contributed by atoms with E-state index in [-0.39, 0.29) is 30.8 Å². The molecule has 122 valence electrons. The number of amides is 2. The van der Waals surface area contributed by atoms with Gasteiger partial charge in [-0.25, -0.2) is 0 Å². The quantitative estimate of drug-likeness (QED) is 0.824. The van der Waals surface area contributed by atoms with E-state index in [1.807, 2.05) is 4.90 Å². The molecule has 1 atom stereocenters. The highest BCUT2D eigenvalue weighted by atomic mass is 32.1. The normalized spacial score (nSPS) is 18.2. The van der Waals surface area contributed by atoms with E-state index < -0.39 is 0 Å². The van der Waals surface area contributed by atoms with Gasteiger partial charge < -0.3 is 15.0 Å². The first-order valence-corrected chi connectivity index (χ1v) is 8.52. The lowest BCUT2D eigenvalue weighted by Crippen LogP contribution is -2.43. The maximum atomic E-state index is 12.2. The molecule has 1 unspecified atom stereocenters. The van der Waals surface area contributed by atoms with E-state index in [2.05, 4.69) is 22.4 Å². The predicted molar refractivity (Wildman–Crippen MR) is 83.6 cm³/mol. The number of hydrogen-bond acceptors (Lipinski definition) is 6. The van der Waals surface area contributed by atoms with Crippen LogP contribution in [0.15, 0.2) is 5.51 Å². The van der Waals surface area contributed by atoms with Gasteiger partial charge in [0.2, 0.25) is 16.9 Å². The molecule has 2 amide bonds. The van der Waals surface area contributed by atoms with Crippen molar-refractivity contribution in [2.24, 2.45) is 0 Å². The van der Waals surface area contributed by atoms with E-state index in [4.69, 9.17) is 4.74 Å². The minimum Gasteiger partial charge on any atom is -0.376 e. The number of aromatic nitrogens is 2. The molecule has 22 heavy (non-hydrogen) atoms. The second-order valence-corrected chi connectivity index (χ2v) is 6.10.